The zero-order valence-electron chi connectivity index (χ0n) is 1.49. The molecule has 0 amide bonds. The Kier molecular flexibility index (Phi) is 102. The quantitative estimate of drug-likeness (QED) is 0.575. The molecule has 0 aromatic carbocycles. The van der Waals surface area contributed by atoms with Crippen molar-refractivity contribution in [3.63, 3.8) is 0 Å². The fourth-order valence-electron chi connectivity index (χ4n) is 0. The van der Waals surface area contributed by atoms with Gasteiger partial charge in [-0.3, -0.25) is 0 Å². The Hall–Kier alpha value is 0.808. The maximum absolute atomic E-state index is 8.22. The molecule has 0 fully saturated rings. The van der Waals surface area contributed by atoms with E-state index in [1.807, 2.05) is 15.9 Å². The van der Waals surface area contributed by atoms with E-state index in [2.05, 4.69) is 0 Å². The van der Waals surface area contributed by atoms with Crippen LogP contribution in [0.1, 0.15) is 0 Å². The summed E-state index contributed by atoms with van der Waals surface area (Å²) in [6, 6.07) is 0. The number of rotatable bonds is 0. The summed E-state index contributed by atoms with van der Waals surface area (Å²) in [6.45, 7) is 0. The van der Waals surface area contributed by atoms with Crippen molar-refractivity contribution < 1.29 is 43.0 Å². The van der Waals surface area contributed by atoms with Gasteiger partial charge in [0.25, 0.3) is 0 Å². The second kappa shape index (κ2) is 46.0. The van der Waals surface area contributed by atoms with E-state index in [9.17, 15) is 0 Å². The van der Waals surface area contributed by atoms with Gasteiger partial charge in [0.2, 0.25) is 0 Å². The van der Waals surface area contributed by atoms with Gasteiger partial charge in [-0.25, -0.2) is 0 Å². The molecule has 0 atom stereocenters. The predicted molar refractivity (Wildman–Crippen MR) is 1.37 cm³/mol. The summed E-state index contributed by atoms with van der Waals surface area (Å²) in [6.07, 6.45) is 0. The van der Waals surface area contributed by atoms with E-state index in [0.29, 0.717) is 0 Å². The van der Waals surface area contributed by atoms with Gasteiger partial charge in [-0.2, -0.15) is 0 Å². The first kappa shape index (κ1) is 8.84. The molecule has 0 aromatic rings. The van der Waals surface area contributed by atoms with Gasteiger partial charge in [0, 0.05) is 0 Å². The van der Waals surface area contributed by atoms with Crippen LogP contribution in [-0.2, 0) is 43.0 Å². The van der Waals surface area contributed by atoms with Crippen LogP contribution >= 0.6 is 0 Å². The molecule has 0 rings (SSSR count). The molecule has 4 heavy (non-hydrogen) atoms. The standard InChI is InChI=1S/Fe.2O.Pt. The summed E-state index contributed by atoms with van der Waals surface area (Å²) in [5.41, 5.74) is 0. The van der Waals surface area contributed by atoms with Crippen molar-refractivity contribution >= 4 is 0 Å². The third-order valence-corrected chi connectivity index (χ3v) is 0. The third-order valence-electron chi connectivity index (χ3n) is 0. The molecule has 0 aromatic heterocycles. The van der Waals surface area contributed by atoms with Crippen molar-refractivity contribution in [1.29, 1.82) is 0 Å². The molecule has 0 heterocycles. The van der Waals surface area contributed by atoms with Crippen LogP contribution in [0.15, 0.2) is 0 Å². The van der Waals surface area contributed by atoms with Gasteiger partial charge in [-0.05, 0) is 0 Å². The second-order valence-corrected chi connectivity index (χ2v) is 0. The van der Waals surface area contributed by atoms with E-state index in [1.54, 1.807) is 0 Å². The van der Waals surface area contributed by atoms with Crippen LogP contribution in [0.3, 0.4) is 0 Å². The van der Waals surface area contributed by atoms with E-state index in [0.717, 1.165) is 19.8 Å². The Morgan fingerprint density at radius 2 is 1.25 bits per heavy atom. The Balaban J connectivity index is 0. The molecular weight excluding hydrogens is 283 g/mol. The summed E-state index contributed by atoms with van der Waals surface area (Å²) < 4.78 is 16.2. The summed E-state index contributed by atoms with van der Waals surface area (Å²) in [7, 11) is 0. The third kappa shape index (κ3) is 14.1. The topological polar surface area (TPSA) is 34.1 Å². The van der Waals surface area contributed by atoms with Crippen LogP contribution in [0.5, 0.6) is 0 Å². The maximum atomic E-state index is 8.22. The van der Waals surface area contributed by atoms with E-state index in [1.165, 1.54) is 0 Å². The van der Waals surface area contributed by atoms with Crippen molar-refractivity contribution in [2.24, 2.45) is 0 Å². The minimum absolute atomic E-state index is 0.889. The van der Waals surface area contributed by atoms with Crippen molar-refractivity contribution in [2.45, 2.75) is 0 Å². The summed E-state index contributed by atoms with van der Waals surface area (Å²) in [4.78, 5) is 0. The van der Waals surface area contributed by atoms with Crippen molar-refractivity contribution in [1.82, 2.24) is 0 Å². The first-order chi connectivity index (χ1) is 2.00. The molecular formula is FeO2Pt. The molecule has 4 heteroatoms. The normalized spacial score (nSPS) is 2.75. The van der Waals surface area contributed by atoms with E-state index in [4.69, 9.17) is 7.23 Å². The summed E-state index contributed by atoms with van der Waals surface area (Å²) in [5.74, 6) is 0. The van der Waals surface area contributed by atoms with Crippen LogP contribution in [0.25, 0.3) is 0 Å². The molecule has 2 nitrogen and oxygen atoms in total. The van der Waals surface area contributed by atoms with Crippen LogP contribution in [0.4, 0.5) is 0 Å². The molecule has 0 unspecified atom stereocenters. The molecule has 30 valence electrons. The van der Waals surface area contributed by atoms with Crippen molar-refractivity contribution in [3.05, 3.63) is 0 Å². The predicted octanol–water partition coefficient (Wildman–Crippen LogP) is -0.243. The Bertz CT molecular complexity index is 8.00. The number of hydrogen-bond donors (Lipinski definition) is 0. The summed E-state index contributed by atoms with van der Waals surface area (Å²) in [5, 5.41) is 0. The van der Waals surface area contributed by atoms with Gasteiger partial charge in [0.05, 0.1) is 0 Å². The van der Waals surface area contributed by atoms with Gasteiger partial charge in [0.15, 0.2) is 0 Å². The van der Waals surface area contributed by atoms with Gasteiger partial charge < -0.3 is 0 Å². The minimum atomic E-state index is 0.889. The summed E-state index contributed by atoms with van der Waals surface area (Å²) >= 11 is 2.89. The van der Waals surface area contributed by atoms with Crippen LogP contribution in [-0.4, -0.2) is 0 Å². The Labute approximate surface area is 43.2 Å². The zero-order chi connectivity index (χ0) is 4.00. The number of hydrogen-bond acceptors (Lipinski definition) is 2. The molecule has 0 aliphatic carbocycles. The van der Waals surface area contributed by atoms with E-state index >= 15 is 0 Å². The van der Waals surface area contributed by atoms with Crippen molar-refractivity contribution in [3.8, 4) is 0 Å². The van der Waals surface area contributed by atoms with Crippen LogP contribution in [0, 0.1) is 0 Å². The fraction of sp³-hybridized carbons (Fsp3) is 0. The molecule has 0 aliphatic heterocycles. The van der Waals surface area contributed by atoms with Gasteiger partial charge >= 0.3 is 43.0 Å². The van der Waals surface area contributed by atoms with E-state index < -0.39 is 0 Å². The monoisotopic (exact) mass is 283 g/mol. The molecule has 0 spiro atoms. The van der Waals surface area contributed by atoms with Gasteiger partial charge in [-0.15, -0.1) is 0 Å². The van der Waals surface area contributed by atoms with Crippen LogP contribution in [0.2, 0.25) is 0 Å². The average molecular weight is 283 g/mol. The van der Waals surface area contributed by atoms with Crippen molar-refractivity contribution in [2.75, 3.05) is 0 Å². The molecule has 0 saturated heterocycles. The molecule has 0 aliphatic rings. The zero-order valence-corrected chi connectivity index (χ0v) is 4.86. The molecule has 0 saturated carbocycles. The second-order valence-electron chi connectivity index (χ2n) is 0. The first-order valence-electron chi connectivity index (χ1n) is 0.273. The Morgan fingerprint density at radius 3 is 1.25 bits per heavy atom. The molecule has 0 radical (unpaired) electrons. The van der Waals surface area contributed by atoms with Crippen LogP contribution < -0.4 is 0 Å². The van der Waals surface area contributed by atoms with E-state index in [-0.39, 0.29) is 0 Å². The molecule has 0 bridgehead atoms. The van der Waals surface area contributed by atoms with Gasteiger partial charge in [0.1, 0.15) is 0 Å². The first-order valence-corrected chi connectivity index (χ1v) is 1.65. The molecule has 0 N–H and O–H groups in total. The Morgan fingerprint density at radius 1 is 1.25 bits per heavy atom. The SMILES string of the molecule is [O]=[Fe].[O]=[Pt]. The van der Waals surface area contributed by atoms with Gasteiger partial charge in [-0.1, -0.05) is 0 Å². The average Bonchev–Trinajstić information content (AvgIpc) is 1.50. The fourth-order valence-corrected chi connectivity index (χ4v) is 0.